The van der Waals surface area contributed by atoms with Gasteiger partial charge in [-0.15, -0.1) is 11.3 Å². The van der Waals surface area contributed by atoms with Crippen molar-refractivity contribution in [1.29, 1.82) is 0 Å². The van der Waals surface area contributed by atoms with E-state index in [0.717, 1.165) is 22.6 Å². The summed E-state index contributed by atoms with van der Waals surface area (Å²) in [6.07, 6.45) is 4.12. The number of carbonyl (C=O) groups is 1. The van der Waals surface area contributed by atoms with E-state index in [1.807, 2.05) is 53.9 Å². The van der Waals surface area contributed by atoms with E-state index in [9.17, 15) is 4.79 Å². The van der Waals surface area contributed by atoms with Gasteiger partial charge in [-0.2, -0.15) is 5.10 Å². The Morgan fingerprint density at radius 1 is 1.19 bits per heavy atom. The Hall–Kier alpha value is -2.99. The fourth-order valence-electron chi connectivity index (χ4n) is 3.01. The third kappa shape index (κ3) is 2.99. The molecule has 4 aromatic rings. The highest BCUT2D eigenvalue weighted by molar-refractivity contribution is 7.13. The number of nitrogens with one attached hydrogen (secondary N) is 1. The summed E-state index contributed by atoms with van der Waals surface area (Å²) >= 11 is 1.63. The summed E-state index contributed by atoms with van der Waals surface area (Å²) in [4.78, 5) is 18.3. The van der Waals surface area contributed by atoms with Crippen molar-refractivity contribution in [2.45, 2.75) is 19.4 Å². The van der Waals surface area contributed by atoms with Crippen molar-refractivity contribution in [3.63, 3.8) is 0 Å². The van der Waals surface area contributed by atoms with Gasteiger partial charge < -0.3 is 5.32 Å². The lowest BCUT2D eigenvalue weighted by Crippen LogP contribution is -2.28. The lowest BCUT2D eigenvalue weighted by molar-refractivity contribution is 0.0937. The fraction of sp³-hybridized carbons (Fsp3) is 0.150. The SMILES string of the molecule is CCC(NC(=O)c1cnn2c(-c3cccs3)ccnc12)c1ccccc1. The van der Waals surface area contributed by atoms with Gasteiger partial charge in [-0.25, -0.2) is 9.50 Å². The average molecular weight is 362 g/mol. The standard InChI is InChI=1S/C20H18N4OS/c1-2-16(14-7-4-3-5-8-14)23-20(25)15-13-22-24-17(10-11-21-19(15)24)18-9-6-12-26-18/h3-13,16H,2H2,1H3,(H,23,25). The van der Waals surface area contributed by atoms with Crippen LogP contribution in [0.5, 0.6) is 0 Å². The number of benzene rings is 1. The van der Waals surface area contributed by atoms with E-state index >= 15 is 0 Å². The summed E-state index contributed by atoms with van der Waals surface area (Å²) in [5.74, 6) is -0.161. The molecule has 0 radical (unpaired) electrons. The number of rotatable bonds is 5. The van der Waals surface area contributed by atoms with Gasteiger partial charge in [0.15, 0.2) is 5.65 Å². The van der Waals surface area contributed by atoms with Gasteiger partial charge in [-0.3, -0.25) is 4.79 Å². The van der Waals surface area contributed by atoms with Gasteiger partial charge in [0.2, 0.25) is 0 Å². The monoisotopic (exact) mass is 362 g/mol. The summed E-state index contributed by atoms with van der Waals surface area (Å²) in [5, 5.41) is 9.52. The summed E-state index contributed by atoms with van der Waals surface area (Å²) in [6.45, 7) is 2.06. The highest BCUT2D eigenvalue weighted by Gasteiger charge is 2.19. The molecular formula is C20H18N4OS. The summed E-state index contributed by atoms with van der Waals surface area (Å²) in [7, 11) is 0. The van der Waals surface area contributed by atoms with E-state index in [-0.39, 0.29) is 11.9 Å². The summed E-state index contributed by atoms with van der Waals surface area (Å²) in [5.41, 5.74) is 3.07. The van der Waals surface area contributed by atoms with E-state index in [1.54, 1.807) is 28.2 Å². The third-order valence-electron chi connectivity index (χ3n) is 4.34. The number of thiophene rings is 1. The van der Waals surface area contributed by atoms with Crippen LogP contribution in [0.2, 0.25) is 0 Å². The lowest BCUT2D eigenvalue weighted by atomic mass is 10.0. The van der Waals surface area contributed by atoms with Crippen LogP contribution >= 0.6 is 11.3 Å². The van der Waals surface area contributed by atoms with E-state index < -0.39 is 0 Å². The Bertz CT molecular complexity index is 1020. The van der Waals surface area contributed by atoms with Gasteiger partial charge >= 0.3 is 0 Å². The van der Waals surface area contributed by atoms with Gasteiger partial charge in [0.05, 0.1) is 22.8 Å². The van der Waals surface area contributed by atoms with Crippen LogP contribution in [0.25, 0.3) is 16.2 Å². The number of nitrogens with zero attached hydrogens (tertiary/aromatic N) is 3. The predicted molar refractivity (Wildman–Crippen MR) is 103 cm³/mol. The minimum absolute atomic E-state index is 0.0425. The second-order valence-corrected chi connectivity index (χ2v) is 6.89. The first-order valence-electron chi connectivity index (χ1n) is 8.50. The predicted octanol–water partition coefficient (Wildman–Crippen LogP) is 4.34. The van der Waals surface area contributed by atoms with Crippen molar-refractivity contribution in [1.82, 2.24) is 19.9 Å². The zero-order valence-corrected chi connectivity index (χ0v) is 15.1. The zero-order chi connectivity index (χ0) is 17.9. The van der Waals surface area contributed by atoms with Crippen LogP contribution in [0.15, 0.2) is 66.3 Å². The highest BCUT2D eigenvalue weighted by Crippen LogP contribution is 2.25. The lowest BCUT2D eigenvalue weighted by Gasteiger charge is -2.17. The Morgan fingerprint density at radius 2 is 2.04 bits per heavy atom. The van der Waals surface area contributed by atoms with E-state index in [2.05, 4.69) is 22.3 Å². The maximum atomic E-state index is 12.9. The van der Waals surface area contributed by atoms with E-state index in [4.69, 9.17) is 0 Å². The van der Waals surface area contributed by atoms with Gasteiger partial charge in [0, 0.05) is 6.20 Å². The molecule has 1 aromatic carbocycles. The molecule has 0 aliphatic heterocycles. The molecule has 1 N–H and O–H groups in total. The minimum Gasteiger partial charge on any atom is -0.345 e. The molecule has 0 saturated carbocycles. The van der Waals surface area contributed by atoms with Crippen LogP contribution < -0.4 is 5.32 Å². The molecule has 0 bridgehead atoms. The van der Waals surface area contributed by atoms with Crippen molar-refractivity contribution in [2.75, 3.05) is 0 Å². The maximum Gasteiger partial charge on any atom is 0.257 e. The van der Waals surface area contributed by atoms with Crippen LogP contribution in [0.4, 0.5) is 0 Å². The van der Waals surface area contributed by atoms with Gasteiger partial charge in [0.1, 0.15) is 5.56 Å². The molecule has 5 nitrogen and oxygen atoms in total. The molecule has 1 unspecified atom stereocenters. The quantitative estimate of drug-likeness (QED) is 0.574. The molecule has 6 heteroatoms. The van der Waals surface area contributed by atoms with Gasteiger partial charge in [-0.1, -0.05) is 43.3 Å². The molecule has 3 heterocycles. The molecule has 0 aliphatic carbocycles. The van der Waals surface area contributed by atoms with Crippen LogP contribution in [0, 0.1) is 0 Å². The minimum atomic E-state index is -0.161. The molecule has 0 fully saturated rings. The van der Waals surface area contributed by atoms with E-state index in [1.165, 1.54) is 0 Å². The number of hydrogen-bond acceptors (Lipinski definition) is 4. The van der Waals surface area contributed by atoms with Gasteiger partial charge in [-0.05, 0) is 29.5 Å². The molecule has 3 aromatic heterocycles. The summed E-state index contributed by atoms with van der Waals surface area (Å²) < 4.78 is 1.73. The molecule has 0 spiro atoms. The van der Waals surface area contributed by atoms with Crippen molar-refractivity contribution >= 4 is 22.9 Å². The highest BCUT2D eigenvalue weighted by atomic mass is 32.1. The first-order chi connectivity index (χ1) is 12.8. The van der Waals surface area contributed by atoms with Crippen molar-refractivity contribution in [3.8, 4) is 10.6 Å². The maximum absolute atomic E-state index is 12.9. The number of aromatic nitrogens is 3. The number of carbonyl (C=O) groups excluding carboxylic acids is 1. The molecular weight excluding hydrogens is 344 g/mol. The number of fused-ring (bicyclic) bond motifs is 1. The topological polar surface area (TPSA) is 59.3 Å². The van der Waals surface area contributed by atoms with Crippen molar-refractivity contribution in [3.05, 3.63) is 77.4 Å². The van der Waals surface area contributed by atoms with Crippen LogP contribution in [-0.2, 0) is 0 Å². The second kappa shape index (κ2) is 7.09. The number of hydrogen-bond donors (Lipinski definition) is 1. The average Bonchev–Trinajstić information content (AvgIpc) is 3.36. The van der Waals surface area contributed by atoms with Crippen molar-refractivity contribution in [2.24, 2.45) is 0 Å². The molecule has 1 atom stereocenters. The molecule has 130 valence electrons. The smallest absolute Gasteiger partial charge is 0.257 e. The van der Waals surface area contributed by atoms with E-state index in [0.29, 0.717) is 11.2 Å². The third-order valence-corrected chi connectivity index (χ3v) is 5.23. The molecule has 0 saturated heterocycles. The normalized spacial score (nSPS) is 12.2. The number of amides is 1. The zero-order valence-electron chi connectivity index (χ0n) is 14.3. The Kier molecular flexibility index (Phi) is 4.50. The van der Waals surface area contributed by atoms with Crippen LogP contribution in [0.1, 0.15) is 35.3 Å². The Labute approximate surface area is 155 Å². The summed E-state index contributed by atoms with van der Waals surface area (Å²) in [6, 6.07) is 15.9. The van der Waals surface area contributed by atoms with Crippen LogP contribution in [-0.4, -0.2) is 20.5 Å². The molecule has 4 rings (SSSR count). The van der Waals surface area contributed by atoms with Crippen molar-refractivity contribution < 1.29 is 4.79 Å². The molecule has 0 aliphatic rings. The fourth-order valence-corrected chi connectivity index (χ4v) is 3.74. The Balaban J connectivity index is 1.67. The largest absolute Gasteiger partial charge is 0.345 e. The first kappa shape index (κ1) is 16.5. The first-order valence-corrected chi connectivity index (χ1v) is 9.38. The van der Waals surface area contributed by atoms with Gasteiger partial charge in [0.25, 0.3) is 5.91 Å². The molecule has 26 heavy (non-hydrogen) atoms. The molecule has 1 amide bonds. The van der Waals surface area contributed by atoms with Crippen LogP contribution in [0.3, 0.4) is 0 Å². The Morgan fingerprint density at radius 3 is 2.77 bits per heavy atom. The second-order valence-electron chi connectivity index (χ2n) is 5.95.